The van der Waals surface area contributed by atoms with Gasteiger partial charge in [-0.25, -0.2) is 31.8 Å². The second-order valence-electron chi connectivity index (χ2n) is 8.95. The van der Waals surface area contributed by atoms with E-state index in [1.165, 1.54) is 34.8 Å². The maximum absolute atomic E-state index is 13.0. The second-order valence-corrected chi connectivity index (χ2v) is 14.1. The Morgan fingerprint density at radius 3 is 2.07 bits per heavy atom. The summed E-state index contributed by atoms with van der Waals surface area (Å²) in [5.41, 5.74) is 6.95. The van der Waals surface area contributed by atoms with E-state index < -0.39 is 20.0 Å². The van der Waals surface area contributed by atoms with E-state index in [4.69, 9.17) is 4.42 Å². The number of hydrogen-bond acceptors (Lipinski definition) is 10. The Morgan fingerprint density at radius 1 is 0.610 bits per heavy atom. The van der Waals surface area contributed by atoms with Gasteiger partial charge in [-0.3, -0.25) is 9.44 Å². The maximum atomic E-state index is 13.0. The molecule has 0 bridgehead atoms. The van der Waals surface area contributed by atoms with Crippen molar-refractivity contribution < 1.29 is 21.3 Å². The number of nitrogens with one attached hydrogen (secondary N) is 2. The van der Waals surface area contributed by atoms with Crippen LogP contribution in [0.25, 0.3) is 43.0 Å². The van der Waals surface area contributed by atoms with Crippen LogP contribution in [0.1, 0.15) is 0 Å². The molecule has 0 saturated carbocycles. The van der Waals surface area contributed by atoms with E-state index in [0.717, 1.165) is 14.9 Å². The number of nitrogens with zero attached hydrogens (tertiary/aromatic N) is 3. The summed E-state index contributed by atoms with van der Waals surface area (Å²) in [7, 11) is -7.64. The van der Waals surface area contributed by atoms with E-state index in [9.17, 15) is 16.8 Å². The molecule has 7 aromatic rings. The average Bonchev–Trinajstić information content (AvgIpc) is 3.71. The van der Waals surface area contributed by atoms with Crippen molar-refractivity contribution in [3.8, 4) is 11.5 Å². The molecule has 7 rings (SSSR count). The highest BCUT2D eigenvalue weighted by Crippen LogP contribution is 2.30. The van der Waals surface area contributed by atoms with Crippen LogP contribution in [0.2, 0.25) is 0 Å². The molecule has 204 valence electrons. The Kier molecular flexibility index (Phi) is 6.01. The Bertz CT molecular complexity index is 2310. The molecule has 4 aromatic carbocycles. The Labute approximate surface area is 241 Å². The summed E-state index contributed by atoms with van der Waals surface area (Å²) in [5, 5.41) is 0. The summed E-state index contributed by atoms with van der Waals surface area (Å²) < 4.78 is 64.4. The van der Waals surface area contributed by atoms with Gasteiger partial charge in [-0.2, -0.15) is 0 Å². The number of sulfonamides is 2. The van der Waals surface area contributed by atoms with E-state index in [1.54, 1.807) is 77.8 Å². The highest BCUT2D eigenvalue weighted by Gasteiger charge is 2.18. The molecule has 3 heterocycles. The van der Waals surface area contributed by atoms with E-state index in [-0.39, 0.29) is 9.79 Å². The first-order chi connectivity index (χ1) is 19.7. The molecule has 0 atom stereocenters. The number of aromatic nitrogens is 3. The van der Waals surface area contributed by atoms with E-state index >= 15 is 0 Å². The van der Waals surface area contributed by atoms with Crippen LogP contribution in [0.15, 0.2) is 104 Å². The summed E-state index contributed by atoms with van der Waals surface area (Å²) >= 11 is 2.81. The van der Waals surface area contributed by atoms with Gasteiger partial charge in [0.1, 0.15) is 5.52 Å². The lowest BCUT2D eigenvalue weighted by atomic mass is 10.2. The van der Waals surface area contributed by atoms with Crippen molar-refractivity contribution >= 4 is 85.6 Å². The molecule has 14 heteroatoms. The molecule has 10 nitrogen and oxygen atoms in total. The van der Waals surface area contributed by atoms with Gasteiger partial charge in [0.05, 0.1) is 46.9 Å². The first-order valence-corrected chi connectivity index (χ1v) is 16.7. The standard InChI is InChI=1S/C27H17N5O5S4/c33-40(34,19-7-10-25-23(12-19)29-15-38-25)32-18-5-9-24-22(11-18)30-27(37-24)16-1-3-17(4-2-16)31-41(35,36)20-6-8-21-26(13-20)39-14-28-21/h1-15,31-32H. The predicted molar refractivity (Wildman–Crippen MR) is 160 cm³/mol. The zero-order valence-electron chi connectivity index (χ0n) is 20.7. The largest absolute Gasteiger partial charge is 0.436 e. The van der Waals surface area contributed by atoms with E-state index in [2.05, 4.69) is 24.4 Å². The Balaban J connectivity index is 1.10. The number of thiazole rings is 2. The summed E-state index contributed by atoms with van der Waals surface area (Å²) in [6, 6.07) is 21.0. The van der Waals surface area contributed by atoms with Crippen molar-refractivity contribution in [1.29, 1.82) is 0 Å². The molecular formula is C27H17N5O5S4. The molecule has 3 aromatic heterocycles. The van der Waals surface area contributed by atoms with Gasteiger partial charge < -0.3 is 4.42 Å². The van der Waals surface area contributed by atoms with Crippen LogP contribution in [0.5, 0.6) is 0 Å². The van der Waals surface area contributed by atoms with Gasteiger partial charge >= 0.3 is 0 Å². The smallest absolute Gasteiger partial charge is 0.261 e. The molecule has 0 spiro atoms. The van der Waals surface area contributed by atoms with Gasteiger partial charge in [0.2, 0.25) is 5.89 Å². The molecular weight excluding hydrogens is 603 g/mol. The average molecular weight is 620 g/mol. The SMILES string of the molecule is O=S(=O)(Nc1ccc2oc(-c3ccc(NS(=O)(=O)c4ccc5ncsc5c4)cc3)nc2c1)c1ccc2scnc2c1. The number of hydrogen-bond donors (Lipinski definition) is 2. The van der Waals surface area contributed by atoms with Crippen LogP contribution in [0.4, 0.5) is 11.4 Å². The van der Waals surface area contributed by atoms with Gasteiger partial charge in [0.25, 0.3) is 20.0 Å². The quantitative estimate of drug-likeness (QED) is 0.211. The van der Waals surface area contributed by atoms with Crippen LogP contribution in [0, 0.1) is 0 Å². The summed E-state index contributed by atoms with van der Waals surface area (Å²) in [6.07, 6.45) is 0. The van der Waals surface area contributed by atoms with Gasteiger partial charge in [-0.15, -0.1) is 22.7 Å². The fourth-order valence-corrected chi connectivity index (χ4v) is 7.83. The number of oxazole rings is 1. The Morgan fingerprint density at radius 2 is 1.27 bits per heavy atom. The number of anilines is 2. The molecule has 0 fully saturated rings. The third kappa shape index (κ3) is 4.91. The molecule has 41 heavy (non-hydrogen) atoms. The minimum atomic E-state index is -3.85. The fraction of sp³-hybridized carbons (Fsp3) is 0. The molecule has 0 aliphatic carbocycles. The lowest BCUT2D eigenvalue weighted by Gasteiger charge is -2.08. The number of benzene rings is 4. The van der Waals surface area contributed by atoms with Crippen LogP contribution in [-0.2, 0) is 20.0 Å². The minimum Gasteiger partial charge on any atom is -0.436 e. The third-order valence-electron chi connectivity index (χ3n) is 6.25. The molecule has 0 aliphatic rings. The lowest BCUT2D eigenvalue weighted by molar-refractivity contribution is 0.599. The second kappa shape index (κ2) is 9.62. The molecule has 2 N–H and O–H groups in total. The highest BCUT2D eigenvalue weighted by molar-refractivity contribution is 7.93. The van der Waals surface area contributed by atoms with Gasteiger partial charge in [0, 0.05) is 11.3 Å². The van der Waals surface area contributed by atoms with Crippen molar-refractivity contribution in [3.63, 3.8) is 0 Å². The normalized spacial score (nSPS) is 12.3. The first-order valence-electron chi connectivity index (χ1n) is 12.0. The lowest BCUT2D eigenvalue weighted by Crippen LogP contribution is -2.12. The summed E-state index contributed by atoms with van der Waals surface area (Å²) in [4.78, 5) is 13.1. The topological polar surface area (TPSA) is 144 Å². The van der Waals surface area contributed by atoms with E-state index in [1.807, 2.05) is 0 Å². The van der Waals surface area contributed by atoms with Crippen molar-refractivity contribution in [2.45, 2.75) is 9.79 Å². The van der Waals surface area contributed by atoms with Crippen molar-refractivity contribution in [2.24, 2.45) is 0 Å². The molecule has 0 aliphatic heterocycles. The van der Waals surface area contributed by atoms with Crippen molar-refractivity contribution in [1.82, 2.24) is 15.0 Å². The number of fused-ring (bicyclic) bond motifs is 3. The third-order valence-corrected chi connectivity index (χ3v) is 10.6. The molecule has 0 unspecified atom stereocenters. The summed E-state index contributed by atoms with van der Waals surface area (Å²) in [6.45, 7) is 0. The first kappa shape index (κ1) is 25.6. The molecule has 0 saturated heterocycles. The van der Waals surface area contributed by atoms with Crippen molar-refractivity contribution in [3.05, 3.63) is 89.9 Å². The zero-order chi connectivity index (χ0) is 28.2. The van der Waals surface area contributed by atoms with Crippen LogP contribution in [-0.4, -0.2) is 31.8 Å². The summed E-state index contributed by atoms with van der Waals surface area (Å²) in [5.74, 6) is 0.305. The minimum absolute atomic E-state index is 0.108. The predicted octanol–water partition coefficient (Wildman–Crippen LogP) is 6.32. The van der Waals surface area contributed by atoms with Crippen molar-refractivity contribution in [2.75, 3.05) is 9.44 Å². The van der Waals surface area contributed by atoms with Gasteiger partial charge in [-0.05, 0) is 78.9 Å². The maximum Gasteiger partial charge on any atom is 0.261 e. The molecule has 0 amide bonds. The fourth-order valence-electron chi connectivity index (χ4n) is 4.23. The van der Waals surface area contributed by atoms with Crippen LogP contribution in [0.3, 0.4) is 0 Å². The zero-order valence-corrected chi connectivity index (χ0v) is 23.9. The van der Waals surface area contributed by atoms with Gasteiger partial charge in [0.15, 0.2) is 5.58 Å². The molecule has 0 radical (unpaired) electrons. The highest BCUT2D eigenvalue weighted by atomic mass is 32.2. The number of rotatable bonds is 7. The van der Waals surface area contributed by atoms with Gasteiger partial charge in [-0.1, -0.05) is 0 Å². The monoisotopic (exact) mass is 619 g/mol. The van der Waals surface area contributed by atoms with E-state index in [0.29, 0.717) is 39.4 Å². The Hall–Kier alpha value is -4.37. The van der Waals surface area contributed by atoms with Crippen LogP contribution < -0.4 is 9.44 Å². The van der Waals surface area contributed by atoms with Crippen LogP contribution >= 0.6 is 22.7 Å².